The van der Waals surface area contributed by atoms with E-state index in [2.05, 4.69) is 65.8 Å². The summed E-state index contributed by atoms with van der Waals surface area (Å²) < 4.78 is 5.93. The predicted molar refractivity (Wildman–Crippen MR) is 118 cm³/mol. The maximum absolute atomic E-state index is 5.93. The van der Waals surface area contributed by atoms with Gasteiger partial charge in [0.2, 0.25) is 0 Å². The van der Waals surface area contributed by atoms with Gasteiger partial charge in [-0.1, -0.05) is 31.2 Å². The number of hydrogen-bond acceptors (Lipinski definition) is 3. The lowest BCUT2D eigenvalue weighted by Gasteiger charge is -2.28. The quantitative estimate of drug-likeness (QED) is 0.380. The molecule has 2 bridgehead atoms. The van der Waals surface area contributed by atoms with E-state index in [1.54, 1.807) is 0 Å². The molecule has 2 saturated heterocycles. The number of fused-ring (bicyclic) bond motifs is 2. The van der Waals surface area contributed by atoms with Crippen LogP contribution in [0.3, 0.4) is 0 Å². The molecule has 2 N–H and O–H groups in total. The smallest absolute Gasteiger partial charge is 0.191 e. The standard InChI is InChI=1S/C20H32N4O.HI/c1-5-14-6-8-15(9-7-14)18(24(3)4)13-22-20(21-2)23-17-12-16-10-11-19(17)25-16;/h6-9,16-19H,5,10-13H2,1-4H3,(H2,21,22,23);1H. The third-order valence-corrected chi connectivity index (χ3v) is 5.51. The molecule has 0 amide bonds. The highest BCUT2D eigenvalue weighted by Gasteiger charge is 2.41. The fraction of sp³-hybridized carbons (Fsp3) is 0.650. The number of halogens is 1. The summed E-state index contributed by atoms with van der Waals surface area (Å²) in [6.07, 6.45) is 5.37. The Morgan fingerprint density at radius 3 is 2.50 bits per heavy atom. The van der Waals surface area contributed by atoms with Crippen molar-refractivity contribution in [3.63, 3.8) is 0 Å². The monoisotopic (exact) mass is 472 g/mol. The van der Waals surface area contributed by atoms with E-state index in [1.165, 1.54) is 24.0 Å². The minimum atomic E-state index is 0. The summed E-state index contributed by atoms with van der Waals surface area (Å²) in [4.78, 5) is 6.66. The van der Waals surface area contributed by atoms with Gasteiger partial charge in [-0.3, -0.25) is 4.99 Å². The summed E-state index contributed by atoms with van der Waals surface area (Å²) in [5.41, 5.74) is 2.70. The third kappa shape index (κ3) is 5.10. The van der Waals surface area contributed by atoms with Gasteiger partial charge in [0.1, 0.15) is 0 Å². The molecule has 0 saturated carbocycles. The minimum absolute atomic E-state index is 0. The van der Waals surface area contributed by atoms with Crippen LogP contribution in [0.4, 0.5) is 0 Å². The molecule has 2 aliphatic rings. The SMILES string of the molecule is CCc1ccc(C(CNC(=NC)NC2CC3CCC2O3)N(C)C)cc1.I. The molecule has 6 heteroatoms. The van der Waals surface area contributed by atoms with E-state index in [1.807, 2.05) is 7.05 Å². The Morgan fingerprint density at radius 1 is 1.27 bits per heavy atom. The van der Waals surface area contributed by atoms with Crippen LogP contribution in [0.2, 0.25) is 0 Å². The van der Waals surface area contributed by atoms with Gasteiger partial charge in [0.25, 0.3) is 0 Å². The minimum Gasteiger partial charge on any atom is -0.373 e. The van der Waals surface area contributed by atoms with Crippen molar-refractivity contribution in [2.75, 3.05) is 27.7 Å². The van der Waals surface area contributed by atoms with Crippen molar-refractivity contribution in [3.05, 3.63) is 35.4 Å². The van der Waals surface area contributed by atoms with Crippen LogP contribution in [0.5, 0.6) is 0 Å². The summed E-state index contributed by atoms with van der Waals surface area (Å²) in [5.74, 6) is 0.873. The average Bonchev–Trinajstić information content (AvgIpc) is 3.24. The molecule has 0 spiro atoms. The van der Waals surface area contributed by atoms with Crippen molar-refractivity contribution in [2.24, 2.45) is 4.99 Å². The Labute approximate surface area is 175 Å². The number of aliphatic imine (C=N–C) groups is 1. The molecule has 1 aromatic rings. The van der Waals surface area contributed by atoms with Gasteiger partial charge < -0.3 is 20.3 Å². The number of nitrogens with zero attached hydrogens (tertiary/aromatic N) is 2. The zero-order chi connectivity index (χ0) is 17.8. The van der Waals surface area contributed by atoms with Crippen LogP contribution < -0.4 is 10.6 Å². The third-order valence-electron chi connectivity index (χ3n) is 5.51. The van der Waals surface area contributed by atoms with Crippen LogP contribution in [0, 0.1) is 0 Å². The molecule has 2 heterocycles. The fourth-order valence-electron chi connectivity index (χ4n) is 3.93. The number of nitrogens with one attached hydrogen (secondary N) is 2. The highest BCUT2D eigenvalue weighted by Crippen LogP contribution is 2.34. The molecular formula is C20H33IN4O. The lowest BCUT2D eigenvalue weighted by Crippen LogP contribution is -2.49. The Balaban J connectivity index is 0.00000243. The highest BCUT2D eigenvalue weighted by molar-refractivity contribution is 14.0. The summed E-state index contributed by atoms with van der Waals surface area (Å²) in [6.45, 7) is 3.01. The molecule has 3 rings (SSSR count). The van der Waals surface area contributed by atoms with Gasteiger partial charge >= 0.3 is 0 Å². The van der Waals surface area contributed by atoms with Gasteiger partial charge in [-0.05, 0) is 50.9 Å². The highest BCUT2D eigenvalue weighted by atomic mass is 127. The van der Waals surface area contributed by atoms with E-state index in [4.69, 9.17) is 4.74 Å². The molecule has 1 aromatic carbocycles. The normalized spacial score (nSPS) is 25.9. The lowest BCUT2D eigenvalue weighted by atomic mass is 9.96. The van der Waals surface area contributed by atoms with Crippen LogP contribution in [0.25, 0.3) is 0 Å². The first-order valence-electron chi connectivity index (χ1n) is 9.48. The number of ether oxygens (including phenoxy) is 1. The van der Waals surface area contributed by atoms with Gasteiger partial charge in [-0.15, -0.1) is 24.0 Å². The second-order valence-electron chi connectivity index (χ2n) is 7.39. The van der Waals surface area contributed by atoms with Crippen molar-refractivity contribution in [1.82, 2.24) is 15.5 Å². The van der Waals surface area contributed by atoms with E-state index in [0.29, 0.717) is 24.3 Å². The Bertz CT molecular complexity index is 590. The maximum atomic E-state index is 5.93. The van der Waals surface area contributed by atoms with Gasteiger partial charge in [0.05, 0.1) is 24.3 Å². The van der Waals surface area contributed by atoms with Crippen molar-refractivity contribution >= 4 is 29.9 Å². The summed E-state index contributed by atoms with van der Waals surface area (Å²) in [6, 6.07) is 9.64. The second kappa shape index (κ2) is 9.90. The van der Waals surface area contributed by atoms with Crippen LogP contribution >= 0.6 is 24.0 Å². The van der Waals surface area contributed by atoms with Gasteiger partial charge in [0, 0.05) is 13.6 Å². The number of likely N-dealkylation sites (N-methyl/N-ethyl adjacent to an activating group) is 1. The van der Waals surface area contributed by atoms with Crippen LogP contribution in [0.1, 0.15) is 43.4 Å². The van der Waals surface area contributed by atoms with E-state index < -0.39 is 0 Å². The first-order valence-corrected chi connectivity index (χ1v) is 9.48. The number of aryl methyl sites for hydroxylation is 1. The largest absolute Gasteiger partial charge is 0.373 e. The maximum Gasteiger partial charge on any atom is 0.191 e. The molecule has 146 valence electrons. The lowest BCUT2D eigenvalue weighted by molar-refractivity contribution is 0.0992. The molecular weight excluding hydrogens is 439 g/mol. The van der Waals surface area contributed by atoms with Crippen LogP contribution in [-0.2, 0) is 11.2 Å². The Kier molecular flexibility index (Phi) is 8.16. The van der Waals surface area contributed by atoms with Gasteiger partial charge in [0.15, 0.2) is 5.96 Å². The van der Waals surface area contributed by atoms with Crippen molar-refractivity contribution < 1.29 is 4.74 Å². The summed E-state index contributed by atoms with van der Waals surface area (Å²) in [7, 11) is 6.09. The number of guanidine groups is 1. The van der Waals surface area contributed by atoms with E-state index in [9.17, 15) is 0 Å². The molecule has 0 aromatic heterocycles. The van der Waals surface area contributed by atoms with E-state index in [0.717, 1.165) is 25.3 Å². The second-order valence-corrected chi connectivity index (χ2v) is 7.39. The molecule has 4 atom stereocenters. The zero-order valence-electron chi connectivity index (χ0n) is 16.4. The molecule has 2 aliphatic heterocycles. The van der Waals surface area contributed by atoms with Gasteiger partial charge in [-0.2, -0.15) is 0 Å². The molecule has 5 nitrogen and oxygen atoms in total. The van der Waals surface area contributed by atoms with Crippen LogP contribution in [0.15, 0.2) is 29.3 Å². The van der Waals surface area contributed by atoms with Crippen LogP contribution in [-0.4, -0.2) is 56.8 Å². The van der Waals surface area contributed by atoms with E-state index in [-0.39, 0.29) is 24.0 Å². The number of benzene rings is 1. The topological polar surface area (TPSA) is 48.9 Å². The summed E-state index contributed by atoms with van der Waals surface area (Å²) >= 11 is 0. The molecule has 0 aliphatic carbocycles. The van der Waals surface area contributed by atoms with Gasteiger partial charge in [-0.25, -0.2) is 0 Å². The summed E-state index contributed by atoms with van der Waals surface area (Å²) in [5, 5.41) is 7.06. The first-order chi connectivity index (χ1) is 12.1. The molecule has 4 unspecified atom stereocenters. The number of hydrogen-bond donors (Lipinski definition) is 2. The Morgan fingerprint density at radius 2 is 2.00 bits per heavy atom. The Hall–Kier alpha value is -0.860. The van der Waals surface area contributed by atoms with E-state index >= 15 is 0 Å². The van der Waals surface area contributed by atoms with Crippen molar-refractivity contribution in [2.45, 2.75) is 56.9 Å². The zero-order valence-corrected chi connectivity index (χ0v) is 18.7. The molecule has 26 heavy (non-hydrogen) atoms. The molecule has 2 fully saturated rings. The average molecular weight is 472 g/mol. The first kappa shape index (κ1) is 21.4. The van der Waals surface area contributed by atoms with Crippen molar-refractivity contribution in [1.29, 1.82) is 0 Å². The predicted octanol–water partition coefficient (Wildman–Crippen LogP) is 2.95. The number of rotatable bonds is 6. The fourth-order valence-corrected chi connectivity index (χ4v) is 3.93. The van der Waals surface area contributed by atoms with Crippen molar-refractivity contribution in [3.8, 4) is 0 Å². The molecule has 0 radical (unpaired) electrons.